The maximum Gasteiger partial charge on any atom is 0.0470 e. The summed E-state index contributed by atoms with van der Waals surface area (Å²) in [7, 11) is 4.34. The van der Waals surface area contributed by atoms with E-state index in [-0.39, 0.29) is 0 Å². The van der Waals surface area contributed by atoms with E-state index in [1.165, 1.54) is 42.9 Å². The van der Waals surface area contributed by atoms with Crippen molar-refractivity contribution in [1.29, 1.82) is 0 Å². The van der Waals surface area contributed by atoms with Crippen molar-refractivity contribution in [1.82, 2.24) is 9.80 Å². The number of piperidine rings is 1. The van der Waals surface area contributed by atoms with E-state index in [1.807, 2.05) is 0 Å². The first-order valence-corrected chi connectivity index (χ1v) is 9.09. The van der Waals surface area contributed by atoms with E-state index in [0.717, 1.165) is 5.92 Å². The molecule has 0 saturated carbocycles. The van der Waals surface area contributed by atoms with Gasteiger partial charge in [-0.3, -0.25) is 4.90 Å². The molecule has 1 aliphatic heterocycles. The van der Waals surface area contributed by atoms with Crippen LogP contribution in [0.4, 0.5) is 0 Å². The molecule has 2 N–H and O–H groups in total. The standard InChI is InChI=1S/C17H29N3S/c1-19(2)13-14-8-10-20(11-9-14)17(12-18)15-4-6-16(21-3)7-5-15/h4-7,14,17H,8-13,18H2,1-3H3. The van der Waals surface area contributed by atoms with Crippen molar-refractivity contribution in [3.05, 3.63) is 29.8 Å². The van der Waals surface area contributed by atoms with E-state index in [0.29, 0.717) is 12.6 Å². The number of rotatable bonds is 6. The third kappa shape index (κ3) is 4.71. The predicted molar refractivity (Wildman–Crippen MR) is 92.9 cm³/mol. The minimum absolute atomic E-state index is 0.376. The molecule has 0 aromatic heterocycles. The zero-order chi connectivity index (χ0) is 15.2. The lowest BCUT2D eigenvalue weighted by atomic mass is 9.94. The zero-order valence-electron chi connectivity index (χ0n) is 13.6. The Morgan fingerprint density at radius 1 is 1.24 bits per heavy atom. The Kier molecular flexibility index (Phi) is 6.55. The maximum atomic E-state index is 6.07. The molecule has 1 unspecified atom stereocenters. The van der Waals surface area contributed by atoms with Gasteiger partial charge in [0, 0.05) is 24.0 Å². The largest absolute Gasteiger partial charge is 0.329 e. The van der Waals surface area contributed by atoms with Gasteiger partial charge < -0.3 is 10.6 Å². The number of thioether (sulfide) groups is 1. The van der Waals surface area contributed by atoms with Crippen LogP contribution in [0, 0.1) is 5.92 Å². The number of nitrogens with two attached hydrogens (primary N) is 1. The molecule has 0 amide bonds. The quantitative estimate of drug-likeness (QED) is 0.819. The summed E-state index contributed by atoms with van der Waals surface area (Å²) >= 11 is 1.79. The number of hydrogen-bond acceptors (Lipinski definition) is 4. The van der Waals surface area contributed by atoms with Gasteiger partial charge in [-0.25, -0.2) is 0 Å². The number of likely N-dealkylation sites (tertiary alicyclic amines) is 1. The zero-order valence-corrected chi connectivity index (χ0v) is 14.4. The van der Waals surface area contributed by atoms with Crippen LogP contribution in [0.2, 0.25) is 0 Å². The second-order valence-electron chi connectivity index (χ2n) is 6.27. The summed E-state index contributed by atoms with van der Waals surface area (Å²) in [6, 6.07) is 9.29. The van der Waals surface area contributed by atoms with Gasteiger partial charge in [-0.05, 0) is 69.9 Å². The van der Waals surface area contributed by atoms with Gasteiger partial charge in [0.15, 0.2) is 0 Å². The highest BCUT2D eigenvalue weighted by Crippen LogP contribution is 2.27. The Morgan fingerprint density at radius 2 is 1.86 bits per heavy atom. The van der Waals surface area contributed by atoms with Crippen molar-refractivity contribution in [3.63, 3.8) is 0 Å². The second kappa shape index (κ2) is 8.18. The average Bonchev–Trinajstić information content (AvgIpc) is 2.50. The SMILES string of the molecule is CSc1ccc(C(CN)N2CCC(CN(C)C)CC2)cc1. The lowest BCUT2D eigenvalue weighted by molar-refractivity contribution is 0.122. The third-order valence-corrected chi connectivity index (χ3v) is 5.18. The summed E-state index contributed by atoms with van der Waals surface area (Å²) in [5.74, 6) is 0.841. The summed E-state index contributed by atoms with van der Waals surface area (Å²) in [6.07, 6.45) is 4.69. The molecule has 4 heteroatoms. The van der Waals surface area contributed by atoms with Crippen molar-refractivity contribution >= 4 is 11.8 Å². The first-order chi connectivity index (χ1) is 10.1. The highest BCUT2D eigenvalue weighted by molar-refractivity contribution is 7.98. The first kappa shape index (κ1) is 16.8. The molecule has 0 aliphatic carbocycles. The average molecular weight is 308 g/mol. The molecule has 118 valence electrons. The van der Waals surface area contributed by atoms with Crippen molar-refractivity contribution in [3.8, 4) is 0 Å². The van der Waals surface area contributed by atoms with E-state index >= 15 is 0 Å². The Bertz CT molecular complexity index is 411. The topological polar surface area (TPSA) is 32.5 Å². The van der Waals surface area contributed by atoms with Crippen LogP contribution >= 0.6 is 11.8 Å². The molecule has 1 aliphatic rings. The van der Waals surface area contributed by atoms with E-state index in [2.05, 4.69) is 54.4 Å². The highest BCUT2D eigenvalue weighted by Gasteiger charge is 2.25. The van der Waals surface area contributed by atoms with E-state index < -0.39 is 0 Å². The van der Waals surface area contributed by atoms with Crippen molar-refractivity contribution < 1.29 is 0 Å². The van der Waals surface area contributed by atoms with E-state index in [9.17, 15) is 0 Å². The molecule has 0 radical (unpaired) electrons. The van der Waals surface area contributed by atoms with Gasteiger partial charge in [0.1, 0.15) is 0 Å². The van der Waals surface area contributed by atoms with E-state index in [4.69, 9.17) is 5.73 Å². The summed E-state index contributed by atoms with van der Waals surface area (Å²) in [6.45, 7) is 4.26. The fourth-order valence-corrected chi connectivity index (χ4v) is 3.69. The van der Waals surface area contributed by atoms with Gasteiger partial charge in [0.25, 0.3) is 0 Å². The van der Waals surface area contributed by atoms with Crippen LogP contribution in [0.1, 0.15) is 24.4 Å². The monoisotopic (exact) mass is 307 g/mol. The lowest BCUT2D eigenvalue weighted by Gasteiger charge is -2.38. The van der Waals surface area contributed by atoms with Crippen molar-refractivity contribution in [2.24, 2.45) is 11.7 Å². The van der Waals surface area contributed by atoms with Crippen LogP contribution in [0.3, 0.4) is 0 Å². The minimum Gasteiger partial charge on any atom is -0.329 e. The highest BCUT2D eigenvalue weighted by atomic mass is 32.2. The van der Waals surface area contributed by atoms with Crippen LogP contribution < -0.4 is 5.73 Å². The van der Waals surface area contributed by atoms with Gasteiger partial charge >= 0.3 is 0 Å². The minimum atomic E-state index is 0.376. The Morgan fingerprint density at radius 3 is 2.33 bits per heavy atom. The fraction of sp³-hybridized carbons (Fsp3) is 0.647. The molecule has 1 saturated heterocycles. The Balaban J connectivity index is 1.95. The third-order valence-electron chi connectivity index (χ3n) is 4.44. The molecule has 3 nitrogen and oxygen atoms in total. The molecular weight excluding hydrogens is 278 g/mol. The van der Waals surface area contributed by atoms with Gasteiger partial charge in [-0.15, -0.1) is 11.8 Å². The molecule has 21 heavy (non-hydrogen) atoms. The summed E-state index contributed by atoms with van der Waals surface area (Å²) in [5, 5.41) is 0. The summed E-state index contributed by atoms with van der Waals surface area (Å²) in [5.41, 5.74) is 7.43. The van der Waals surface area contributed by atoms with Gasteiger partial charge in [0.05, 0.1) is 0 Å². The number of benzene rings is 1. The summed E-state index contributed by atoms with van der Waals surface area (Å²) < 4.78 is 0. The van der Waals surface area contributed by atoms with Crippen LogP contribution in [0.15, 0.2) is 29.2 Å². The smallest absolute Gasteiger partial charge is 0.0470 e. The van der Waals surface area contributed by atoms with E-state index in [1.54, 1.807) is 11.8 Å². The Labute approximate surface area is 133 Å². The molecular formula is C17H29N3S. The number of nitrogens with zero attached hydrogens (tertiary/aromatic N) is 2. The van der Waals surface area contributed by atoms with Gasteiger partial charge in [-0.2, -0.15) is 0 Å². The predicted octanol–water partition coefficient (Wildman–Crippen LogP) is 2.68. The van der Waals surface area contributed by atoms with Crippen LogP contribution in [0.5, 0.6) is 0 Å². The van der Waals surface area contributed by atoms with Crippen LogP contribution in [0.25, 0.3) is 0 Å². The second-order valence-corrected chi connectivity index (χ2v) is 7.15. The maximum absolute atomic E-state index is 6.07. The molecule has 1 aromatic carbocycles. The van der Waals surface area contributed by atoms with Crippen molar-refractivity contribution in [2.45, 2.75) is 23.8 Å². The van der Waals surface area contributed by atoms with Gasteiger partial charge in [-0.1, -0.05) is 12.1 Å². The summed E-state index contributed by atoms with van der Waals surface area (Å²) in [4.78, 5) is 6.20. The molecule has 2 rings (SSSR count). The normalized spacial score (nSPS) is 19.1. The molecule has 0 spiro atoms. The van der Waals surface area contributed by atoms with Gasteiger partial charge in [0.2, 0.25) is 0 Å². The molecule has 0 bridgehead atoms. The molecule has 1 aromatic rings. The fourth-order valence-electron chi connectivity index (χ4n) is 3.29. The van der Waals surface area contributed by atoms with Crippen LogP contribution in [-0.4, -0.2) is 56.3 Å². The molecule has 1 atom stereocenters. The molecule has 1 heterocycles. The lowest BCUT2D eigenvalue weighted by Crippen LogP contribution is -2.41. The first-order valence-electron chi connectivity index (χ1n) is 7.86. The Hall–Kier alpha value is -0.550. The number of hydrogen-bond donors (Lipinski definition) is 1. The van der Waals surface area contributed by atoms with Crippen molar-refractivity contribution in [2.75, 3.05) is 46.5 Å². The van der Waals surface area contributed by atoms with Crippen LogP contribution in [-0.2, 0) is 0 Å². The molecule has 1 fully saturated rings.